The minimum atomic E-state index is -0.871. The molecular formula is C17H12ClFN2O4. The van der Waals surface area contributed by atoms with Crippen LogP contribution in [0.2, 0.25) is 5.02 Å². The molecule has 25 heavy (non-hydrogen) atoms. The van der Waals surface area contributed by atoms with Gasteiger partial charge in [-0.15, -0.1) is 0 Å². The maximum atomic E-state index is 13.6. The Morgan fingerprint density at radius 1 is 1.24 bits per heavy atom. The van der Waals surface area contributed by atoms with E-state index in [-0.39, 0.29) is 23.1 Å². The zero-order valence-corrected chi connectivity index (χ0v) is 13.8. The molecule has 0 unspecified atom stereocenters. The molecule has 0 aliphatic heterocycles. The number of hydrogen-bond acceptors (Lipinski definition) is 6. The first-order chi connectivity index (χ1) is 12.1. The summed E-state index contributed by atoms with van der Waals surface area (Å²) in [5, 5.41) is 4.04. The summed E-state index contributed by atoms with van der Waals surface area (Å²) in [7, 11) is 1.57. The molecule has 0 bridgehead atoms. The van der Waals surface area contributed by atoms with Crippen molar-refractivity contribution < 1.29 is 23.2 Å². The molecule has 0 fully saturated rings. The van der Waals surface area contributed by atoms with Crippen molar-refractivity contribution in [1.29, 1.82) is 0 Å². The number of halogens is 2. The number of hydrogen-bond donors (Lipinski definition) is 0. The molecule has 0 amide bonds. The van der Waals surface area contributed by atoms with Crippen molar-refractivity contribution in [3.8, 4) is 17.1 Å². The molecule has 8 heteroatoms. The van der Waals surface area contributed by atoms with Gasteiger partial charge in [0.25, 0.3) is 5.89 Å². The second-order valence-corrected chi connectivity index (χ2v) is 5.38. The maximum Gasteiger partial charge on any atom is 0.341 e. The van der Waals surface area contributed by atoms with Crippen molar-refractivity contribution in [2.45, 2.75) is 6.61 Å². The van der Waals surface area contributed by atoms with Gasteiger partial charge in [0.1, 0.15) is 11.6 Å². The van der Waals surface area contributed by atoms with Gasteiger partial charge in [-0.25, -0.2) is 9.18 Å². The quantitative estimate of drug-likeness (QED) is 0.641. The predicted molar refractivity (Wildman–Crippen MR) is 86.8 cm³/mol. The van der Waals surface area contributed by atoms with Crippen LogP contribution >= 0.6 is 11.6 Å². The topological polar surface area (TPSA) is 74.5 Å². The normalized spacial score (nSPS) is 10.5. The molecule has 1 aromatic heterocycles. The second kappa shape index (κ2) is 7.31. The highest BCUT2D eigenvalue weighted by molar-refractivity contribution is 6.30. The summed E-state index contributed by atoms with van der Waals surface area (Å²) in [4.78, 5) is 16.0. The average Bonchev–Trinajstić information content (AvgIpc) is 3.11. The zero-order chi connectivity index (χ0) is 17.8. The average molecular weight is 363 g/mol. The van der Waals surface area contributed by atoms with Crippen LogP contribution in [-0.2, 0) is 11.3 Å². The summed E-state index contributed by atoms with van der Waals surface area (Å²) in [6, 6.07) is 10.7. The van der Waals surface area contributed by atoms with Crippen LogP contribution < -0.4 is 4.74 Å². The number of ether oxygens (including phenoxy) is 2. The van der Waals surface area contributed by atoms with Crippen LogP contribution in [-0.4, -0.2) is 23.2 Å². The summed E-state index contributed by atoms with van der Waals surface area (Å²) >= 11 is 5.75. The third-order valence-electron chi connectivity index (χ3n) is 3.29. The van der Waals surface area contributed by atoms with Gasteiger partial charge in [0.2, 0.25) is 5.82 Å². The molecule has 0 atom stereocenters. The van der Waals surface area contributed by atoms with Gasteiger partial charge in [-0.1, -0.05) is 16.8 Å². The number of aromatic nitrogens is 2. The van der Waals surface area contributed by atoms with Crippen molar-refractivity contribution in [2.75, 3.05) is 7.11 Å². The first-order valence-electron chi connectivity index (χ1n) is 7.16. The monoisotopic (exact) mass is 362 g/mol. The van der Waals surface area contributed by atoms with Gasteiger partial charge in [0.15, 0.2) is 6.61 Å². The molecule has 128 valence electrons. The minimum absolute atomic E-state index is 0.0848. The van der Waals surface area contributed by atoms with Crippen LogP contribution in [0.15, 0.2) is 47.0 Å². The molecular weight excluding hydrogens is 351 g/mol. The standard InChI is InChI=1S/C17H12ClFN2O4/c1-23-12-5-2-10(3-6-12)16-20-15(25-21-16)9-24-17(22)13-8-11(18)4-7-14(13)19/h2-8H,9H2,1H3. The van der Waals surface area contributed by atoms with Gasteiger partial charge in [0.05, 0.1) is 12.7 Å². The molecule has 0 N–H and O–H groups in total. The molecule has 3 rings (SSSR count). The predicted octanol–water partition coefficient (Wildman–Crippen LogP) is 3.89. The fourth-order valence-electron chi connectivity index (χ4n) is 2.03. The Labute approximate surface area is 147 Å². The molecule has 6 nitrogen and oxygen atoms in total. The first-order valence-corrected chi connectivity index (χ1v) is 7.54. The van der Waals surface area contributed by atoms with E-state index in [1.54, 1.807) is 31.4 Å². The highest BCUT2D eigenvalue weighted by Crippen LogP contribution is 2.20. The van der Waals surface area contributed by atoms with E-state index in [2.05, 4.69) is 10.1 Å². The van der Waals surface area contributed by atoms with Crippen LogP contribution in [0.4, 0.5) is 4.39 Å². The van der Waals surface area contributed by atoms with Crippen molar-refractivity contribution in [3.05, 3.63) is 64.8 Å². The van der Waals surface area contributed by atoms with Crippen molar-refractivity contribution >= 4 is 17.6 Å². The first kappa shape index (κ1) is 16.9. The molecule has 0 aliphatic carbocycles. The Hall–Kier alpha value is -2.93. The van der Waals surface area contributed by atoms with E-state index in [0.29, 0.717) is 17.1 Å². The Balaban J connectivity index is 1.67. The number of benzene rings is 2. The molecule has 0 saturated heterocycles. The van der Waals surface area contributed by atoms with Crippen LogP contribution in [0.25, 0.3) is 11.4 Å². The molecule has 0 saturated carbocycles. The molecule has 0 spiro atoms. The van der Waals surface area contributed by atoms with Gasteiger partial charge < -0.3 is 14.0 Å². The summed E-state index contributed by atoms with van der Waals surface area (Å²) in [5.74, 6) is -0.475. The number of nitrogens with zero attached hydrogens (tertiary/aromatic N) is 2. The van der Waals surface area contributed by atoms with E-state index in [9.17, 15) is 9.18 Å². The third-order valence-corrected chi connectivity index (χ3v) is 3.53. The number of methoxy groups -OCH3 is 1. The lowest BCUT2D eigenvalue weighted by atomic mass is 10.2. The molecule has 3 aromatic rings. The molecule has 2 aromatic carbocycles. The van der Waals surface area contributed by atoms with Gasteiger partial charge >= 0.3 is 5.97 Å². The highest BCUT2D eigenvalue weighted by Gasteiger charge is 2.16. The smallest absolute Gasteiger partial charge is 0.341 e. The van der Waals surface area contributed by atoms with Gasteiger partial charge in [-0.2, -0.15) is 4.98 Å². The van der Waals surface area contributed by atoms with Gasteiger partial charge in [-0.3, -0.25) is 0 Å². The highest BCUT2D eigenvalue weighted by atomic mass is 35.5. The van der Waals surface area contributed by atoms with Crippen LogP contribution in [0, 0.1) is 5.82 Å². The third kappa shape index (κ3) is 3.95. The van der Waals surface area contributed by atoms with Crippen molar-refractivity contribution in [2.24, 2.45) is 0 Å². The van der Waals surface area contributed by atoms with E-state index in [1.165, 1.54) is 12.1 Å². The van der Waals surface area contributed by atoms with E-state index in [0.717, 1.165) is 6.07 Å². The number of rotatable bonds is 5. The van der Waals surface area contributed by atoms with Gasteiger partial charge in [-0.05, 0) is 42.5 Å². The largest absolute Gasteiger partial charge is 0.497 e. The molecule has 1 heterocycles. The van der Waals surface area contributed by atoms with Crippen LogP contribution in [0.5, 0.6) is 5.75 Å². The number of carbonyl (C=O) groups excluding carboxylic acids is 1. The van der Waals surface area contributed by atoms with E-state index < -0.39 is 11.8 Å². The number of carbonyl (C=O) groups is 1. The Bertz CT molecular complexity index is 896. The van der Waals surface area contributed by atoms with Crippen molar-refractivity contribution in [1.82, 2.24) is 10.1 Å². The van der Waals surface area contributed by atoms with Crippen molar-refractivity contribution in [3.63, 3.8) is 0 Å². The van der Waals surface area contributed by atoms with E-state index in [1.807, 2.05) is 0 Å². The summed E-state index contributed by atoms with van der Waals surface area (Å²) in [6.45, 7) is -0.284. The zero-order valence-electron chi connectivity index (χ0n) is 13.0. The SMILES string of the molecule is COc1ccc(-c2noc(COC(=O)c3cc(Cl)ccc3F)n2)cc1. The maximum absolute atomic E-state index is 13.6. The lowest BCUT2D eigenvalue weighted by molar-refractivity contribution is 0.0424. The van der Waals surface area contributed by atoms with E-state index in [4.69, 9.17) is 25.6 Å². The number of esters is 1. The fourth-order valence-corrected chi connectivity index (χ4v) is 2.20. The second-order valence-electron chi connectivity index (χ2n) is 4.94. The van der Waals surface area contributed by atoms with Gasteiger partial charge in [0, 0.05) is 10.6 Å². The summed E-state index contributed by atoms with van der Waals surface area (Å²) in [6.07, 6.45) is 0. The van der Waals surface area contributed by atoms with E-state index >= 15 is 0 Å². The van der Waals surface area contributed by atoms with Crippen LogP contribution in [0.1, 0.15) is 16.2 Å². The lowest BCUT2D eigenvalue weighted by Gasteiger charge is -2.03. The molecule has 0 aliphatic rings. The fraction of sp³-hybridized carbons (Fsp3) is 0.118. The Kier molecular flexibility index (Phi) is 4.95. The Morgan fingerprint density at radius 2 is 2.00 bits per heavy atom. The summed E-state index contributed by atoms with van der Waals surface area (Å²) in [5.41, 5.74) is 0.449. The summed E-state index contributed by atoms with van der Waals surface area (Å²) < 4.78 is 28.7. The minimum Gasteiger partial charge on any atom is -0.497 e. The molecule has 0 radical (unpaired) electrons. The lowest BCUT2D eigenvalue weighted by Crippen LogP contribution is -2.07. The Morgan fingerprint density at radius 3 is 2.72 bits per heavy atom. The van der Waals surface area contributed by atoms with Crippen LogP contribution in [0.3, 0.4) is 0 Å².